The first-order valence-corrected chi connectivity index (χ1v) is 10.4. The molecule has 0 aromatic heterocycles. The highest BCUT2D eigenvalue weighted by atomic mass is 16.2. The number of rotatable bonds is 2. The molecular formula is C24H23N5O. The van der Waals surface area contributed by atoms with E-state index in [2.05, 4.69) is 25.1 Å². The first kappa shape index (κ1) is 19.9. The molecule has 1 amide bonds. The Bertz CT molecular complexity index is 1080. The van der Waals surface area contributed by atoms with Gasteiger partial charge in [0.2, 0.25) is 11.3 Å². The summed E-state index contributed by atoms with van der Waals surface area (Å²) in [6, 6.07) is 13.7. The van der Waals surface area contributed by atoms with E-state index in [1.807, 2.05) is 37.3 Å². The van der Waals surface area contributed by atoms with Crippen molar-refractivity contribution < 1.29 is 4.79 Å². The zero-order valence-electron chi connectivity index (χ0n) is 17.1. The molecule has 150 valence electrons. The van der Waals surface area contributed by atoms with Gasteiger partial charge in [0, 0.05) is 18.2 Å². The molecular weight excluding hydrogens is 374 g/mol. The number of anilines is 1. The predicted molar refractivity (Wildman–Crippen MR) is 111 cm³/mol. The zero-order valence-corrected chi connectivity index (χ0v) is 17.1. The van der Waals surface area contributed by atoms with E-state index in [1.54, 1.807) is 4.90 Å². The van der Waals surface area contributed by atoms with Crippen LogP contribution in [0, 0.1) is 62.6 Å². The summed E-state index contributed by atoms with van der Waals surface area (Å²) in [5, 5.41) is 39.4. The summed E-state index contributed by atoms with van der Waals surface area (Å²) in [5.41, 5.74) is -1.73. The molecule has 1 fully saturated rings. The maximum absolute atomic E-state index is 14.2. The number of allylic oxidation sites excluding steroid dienone is 2. The highest BCUT2D eigenvalue weighted by Gasteiger charge is 2.74. The number of fused-ring (bicyclic) bond motifs is 4. The molecule has 1 saturated carbocycles. The van der Waals surface area contributed by atoms with Crippen LogP contribution in [-0.2, 0) is 10.2 Å². The van der Waals surface area contributed by atoms with Gasteiger partial charge in [0.25, 0.3) is 0 Å². The fraction of sp³-hybridized carbons (Fsp3) is 0.458. The van der Waals surface area contributed by atoms with Gasteiger partial charge in [-0.05, 0) is 42.4 Å². The van der Waals surface area contributed by atoms with Crippen LogP contribution in [0.25, 0.3) is 0 Å². The summed E-state index contributed by atoms with van der Waals surface area (Å²) in [6.45, 7) is 4.53. The number of hydrogen-bond donors (Lipinski definition) is 1. The molecule has 0 unspecified atom stereocenters. The average Bonchev–Trinajstić information content (AvgIpc) is 3.00. The van der Waals surface area contributed by atoms with E-state index in [9.17, 15) is 20.6 Å². The van der Waals surface area contributed by atoms with Crippen LogP contribution in [0.2, 0.25) is 0 Å². The number of amides is 1. The molecule has 1 heterocycles. The lowest BCUT2D eigenvalue weighted by atomic mass is 9.44. The Morgan fingerprint density at radius 3 is 2.57 bits per heavy atom. The van der Waals surface area contributed by atoms with E-state index in [1.165, 1.54) is 0 Å². The minimum atomic E-state index is -2.03. The minimum Gasteiger partial charge on any atom is -0.311 e. The van der Waals surface area contributed by atoms with Gasteiger partial charge in [-0.1, -0.05) is 38.1 Å². The summed E-state index contributed by atoms with van der Waals surface area (Å²) in [4.78, 5) is 15.9. The lowest BCUT2D eigenvalue weighted by Gasteiger charge is -2.52. The van der Waals surface area contributed by atoms with Gasteiger partial charge in [-0.15, -0.1) is 0 Å². The number of carbonyl (C=O) groups is 1. The van der Waals surface area contributed by atoms with Crippen molar-refractivity contribution in [2.45, 2.75) is 38.5 Å². The molecule has 4 atom stereocenters. The molecule has 4 rings (SSSR count). The Kier molecular flexibility index (Phi) is 4.52. The second-order valence-corrected chi connectivity index (χ2v) is 8.56. The molecule has 1 N–H and O–H groups in total. The number of nitrogens with zero attached hydrogens (tertiary/aromatic N) is 4. The molecule has 6 nitrogen and oxygen atoms in total. The minimum absolute atomic E-state index is 0.248. The van der Waals surface area contributed by atoms with Gasteiger partial charge < -0.3 is 10.3 Å². The molecule has 0 radical (unpaired) electrons. The lowest BCUT2D eigenvalue weighted by Crippen LogP contribution is -2.65. The largest absolute Gasteiger partial charge is 0.311 e. The van der Waals surface area contributed by atoms with Crippen molar-refractivity contribution in [3.05, 3.63) is 41.5 Å². The molecule has 6 heteroatoms. The number of carbonyl (C=O) groups excluding carboxylic acids is 1. The Morgan fingerprint density at radius 1 is 1.23 bits per heavy atom. The third-order valence-corrected chi connectivity index (χ3v) is 7.05. The third kappa shape index (κ3) is 2.10. The van der Waals surface area contributed by atoms with Crippen LogP contribution in [0.15, 0.2) is 35.9 Å². The topological polar surface area (TPSA) is 116 Å². The van der Waals surface area contributed by atoms with Crippen molar-refractivity contribution in [1.29, 1.82) is 21.2 Å². The molecule has 1 spiro atoms. The summed E-state index contributed by atoms with van der Waals surface area (Å²) in [5.74, 6) is -1.46. The maximum atomic E-state index is 14.2. The zero-order chi connectivity index (χ0) is 21.7. The Hall–Kier alpha value is -3.43. The van der Waals surface area contributed by atoms with Crippen molar-refractivity contribution >= 4 is 17.3 Å². The molecule has 0 bridgehead atoms. The fourth-order valence-corrected chi connectivity index (χ4v) is 5.80. The number of nitriles is 3. The number of hydrogen-bond acceptors (Lipinski definition) is 5. The van der Waals surface area contributed by atoms with Crippen LogP contribution in [0.3, 0.4) is 0 Å². The van der Waals surface area contributed by atoms with Gasteiger partial charge in [0.05, 0.1) is 23.9 Å². The number of benzene rings is 1. The van der Waals surface area contributed by atoms with Crippen LogP contribution in [0.4, 0.5) is 5.69 Å². The van der Waals surface area contributed by atoms with Gasteiger partial charge in [0.1, 0.15) is 11.3 Å². The fourth-order valence-electron chi connectivity index (χ4n) is 5.80. The molecule has 0 saturated heterocycles. The quantitative estimate of drug-likeness (QED) is 0.763. The molecule has 1 aromatic carbocycles. The van der Waals surface area contributed by atoms with Crippen molar-refractivity contribution in [3.63, 3.8) is 0 Å². The summed E-state index contributed by atoms with van der Waals surface area (Å²) < 4.78 is 0. The van der Waals surface area contributed by atoms with Crippen LogP contribution in [-0.4, -0.2) is 18.2 Å². The monoisotopic (exact) mass is 397 g/mol. The predicted octanol–water partition coefficient (Wildman–Crippen LogP) is 3.86. The lowest BCUT2D eigenvalue weighted by molar-refractivity contribution is -0.127. The summed E-state index contributed by atoms with van der Waals surface area (Å²) in [7, 11) is 0. The van der Waals surface area contributed by atoms with Crippen molar-refractivity contribution in [2.24, 2.45) is 23.2 Å². The Morgan fingerprint density at radius 2 is 1.93 bits per heavy atom. The number of nitrogens with one attached hydrogen (secondary N) is 1. The van der Waals surface area contributed by atoms with Crippen LogP contribution in [0.1, 0.15) is 38.7 Å². The Labute approximate surface area is 176 Å². The Balaban J connectivity index is 2.14. The van der Waals surface area contributed by atoms with Gasteiger partial charge in [0.15, 0.2) is 0 Å². The van der Waals surface area contributed by atoms with E-state index in [-0.39, 0.29) is 17.5 Å². The van der Waals surface area contributed by atoms with Crippen LogP contribution >= 0.6 is 0 Å². The normalized spacial score (nSPS) is 31.2. The van der Waals surface area contributed by atoms with Crippen molar-refractivity contribution in [2.75, 3.05) is 11.4 Å². The van der Waals surface area contributed by atoms with E-state index in [4.69, 9.17) is 5.41 Å². The van der Waals surface area contributed by atoms with Crippen LogP contribution < -0.4 is 4.90 Å². The van der Waals surface area contributed by atoms with Crippen molar-refractivity contribution in [1.82, 2.24) is 0 Å². The average molecular weight is 397 g/mol. The standard InChI is InChI=1S/C24H23N5O/c1-3-10-29-20-7-5-4-6-18(20)24(22(29)30)19-11-15(2)8-9-16(19)17(12-25)21(28)23(24,13-26)14-27/h4-7,9,15,17,19,28H,3,8,10-11H2,1-2H3/t15-,17+,19+,24+/m1/s1. The van der Waals surface area contributed by atoms with Crippen LogP contribution in [0.5, 0.6) is 0 Å². The van der Waals surface area contributed by atoms with E-state index < -0.39 is 22.7 Å². The van der Waals surface area contributed by atoms with E-state index in [0.29, 0.717) is 24.2 Å². The van der Waals surface area contributed by atoms with Gasteiger partial charge >= 0.3 is 0 Å². The summed E-state index contributed by atoms with van der Waals surface area (Å²) in [6.07, 6.45) is 4.06. The van der Waals surface area contributed by atoms with Gasteiger partial charge in [-0.3, -0.25) is 4.79 Å². The second-order valence-electron chi connectivity index (χ2n) is 8.56. The number of para-hydroxylation sites is 1. The first-order valence-electron chi connectivity index (χ1n) is 10.4. The molecule has 1 aromatic rings. The first-order chi connectivity index (χ1) is 14.4. The highest BCUT2D eigenvalue weighted by molar-refractivity contribution is 6.17. The van der Waals surface area contributed by atoms with Gasteiger partial charge in [-0.2, -0.15) is 15.8 Å². The van der Waals surface area contributed by atoms with Gasteiger partial charge in [-0.25, -0.2) is 0 Å². The molecule has 2 aliphatic carbocycles. The second kappa shape index (κ2) is 6.82. The SMILES string of the molecule is CCCN1C(=O)[C@]2(c3ccccc31)[C@H]1C[C@H](C)CC=C1[C@H](C#N)C(=N)C2(C#N)C#N. The van der Waals surface area contributed by atoms with E-state index in [0.717, 1.165) is 18.4 Å². The smallest absolute Gasteiger partial charge is 0.241 e. The summed E-state index contributed by atoms with van der Waals surface area (Å²) >= 11 is 0. The molecule has 1 aliphatic heterocycles. The molecule has 30 heavy (non-hydrogen) atoms. The van der Waals surface area contributed by atoms with E-state index >= 15 is 0 Å². The maximum Gasteiger partial charge on any atom is 0.241 e. The molecule has 3 aliphatic rings. The highest BCUT2D eigenvalue weighted by Crippen LogP contribution is 2.64. The van der Waals surface area contributed by atoms with Crippen molar-refractivity contribution in [3.8, 4) is 18.2 Å². The third-order valence-electron chi connectivity index (χ3n) is 7.05.